The van der Waals surface area contributed by atoms with E-state index in [2.05, 4.69) is 50.3 Å². The van der Waals surface area contributed by atoms with Gasteiger partial charge < -0.3 is 15.7 Å². The van der Waals surface area contributed by atoms with Crippen LogP contribution in [0.15, 0.2) is 109 Å². The average Bonchev–Trinajstić information content (AvgIpc) is 2.93. The van der Waals surface area contributed by atoms with Crippen molar-refractivity contribution in [3.63, 3.8) is 0 Å². The molecule has 6 heteroatoms. The molecule has 1 aromatic heterocycles. The Morgan fingerprint density at radius 1 is 0.892 bits per heavy atom. The molecular formula is C31H30IN3O2. The van der Waals surface area contributed by atoms with Crippen LogP contribution >= 0.6 is 22.6 Å². The standard InChI is InChI=1S/C31H30IN3O2/c32-27-13-7-10-25(18-27)21-34-22-30(36)29(20-23-8-3-1-4-9-23)35-31(37)28(26-11-5-2-6-12-26)19-24-14-16-33-17-15-24/h1-19,29-30,34,36H,20-22H2,(H,35,37)/b28-19-/t29-,30+/m0/s1. The van der Waals surface area contributed by atoms with Crippen molar-refractivity contribution >= 4 is 40.1 Å². The molecule has 4 rings (SSSR count). The van der Waals surface area contributed by atoms with Gasteiger partial charge in [-0.15, -0.1) is 0 Å². The Hall–Kier alpha value is -3.33. The number of amides is 1. The maximum Gasteiger partial charge on any atom is 0.252 e. The Morgan fingerprint density at radius 3 is 2.27 bits per heavy atom. The van der Waals surface area contributed by atoms with Crippen LogP contribution in [0.2, 0.25) is 0 Å². The molecule has 0 radical (unpaired) electrons. The van der Waals surface area contributed by atoms with Crippen LogP contribution in [0.25, 0.3) is 11.6 Å². The topological polar surface area (TPSA) is 74.2 Å². The Labute approximate surface area is 231 Å². The summed E-state index contributed by atoms with van der Waals surface area (Å²) in [5, 5.41) is 17.7. The second-order valence-electron chi connectivity index (χ2n) is 8.80. The number of nitrogens with one attached hydrogen (secondary N) is 2. The van der Waals surface area contributed by atoms with Gasteiger partial charge >= 0.3 is 0 Å². The first-order valence-electron chi connectivity index (χ1n) is 12.2. The molecule has 2 atom stereocenters. The molecule has 0 saturated carbocycles. The van der Waals surface area contributed by atoms with E-state index >= 15 is 0 Å². The van der Waals surface area contributed by atoms with Gasteiger partial charge in [0.1, 0.15) is 0 Å². The van der Waals surface area contributed by atoms with Crippen LogP contribution < -0.4 is 10.6 Å². The molecule has 0 unspecified atom stereocenters. The summed E-state index contributed by atoms with van der Waals surface area (Å²) in [6.45, 7) is 0.981. The van der Waals surface area contributed by atoms with E-state index in [-0.39, 0.29) is 5.91 Å². The lowest BCUT2D eigenvalue weighted by atomic mass is 9.98. The van der Waals surface area contributed by atoms with E-state index in [1.165, 1.54) is 3.57 Å². The molecule has 0 saturated heterocycles. The number of hydrogen-bond donors (Lipinski definition) is 3. The zero-order valence-electron chi connectivity index (χ0n) is 20.4. The number of aromatic nitrogens is 1. The molecule has 0 aliphatic carbocycles. The third kappa shape index (κ3) is 8.35. The number of carbonyl (C=O) groups is 1. The first kappa shape index (κ1) is 26.7. The van der Waals surface area contributed by atoms with Gasteiger partial charge in [0.25, 0.3) is 5.91 Å². The van der Waals surface area contributed by atoms with Gasteiger partial charge in [-0.25, -0.2) is 0 Å². The summed E-state index contributed by atoms with van der Waals surface area (Å²) in [4.78, 5) is 17.7. The predicted molar refractivity (Wildman–Crippen MR) is 157 cm³/mol. The molecule has 1 amide bonds. The molecule has 0 aliphatic heterocycles. The highest BCUT2D eigenvalue weighted by Gasteiger charge is 2.24. The van der Waals surface area contributed by atoms with Crippen molar-refractivity contribution in [2.24, 2.45) is 0 Å². The minimum absolute atomic E-state index is 0.236. The molecule has 4 aromatic rings. The molecule has 1 heterocycles. The Bertz CT molecular complexity index is 1300. The summed E-state index contributed by atoms with van der Waals surface area (Å²) < 4.78 is 1.17. The predicted octanol–water partition coefficient (Wildman–Crippen LogP) is 5.11. The fourth-order valence-electron chi connectivity index (χ4n) is 4.08. The Morgan fingerprint density at radius 2 is 1.57 bits per heavy atom. The van der Waals surface area contributed by atoms with Gasteiger partial charge in [0.05, 0.1) is 12.1 Å². The minimum atomic E-state index is -0.787. The van der Waals surface area contributed by atoms with E-state index in [0.29, 0.717) is 25.1 Å². The maximum absolute atomic E-state index is 13.7. The van der Waals surface area contributed by atoms with Crippen molar-refractivity contribution in [1.29, 1.82) is 0 Å². The van der Waals surface area contributed by atoms with Gasteiger partial charge in [0, 0.05) is 34.6 Å². The zero-order chi connectivity index (χ0) is 25.9. The summed E-state index contributed by atoms with van der Waals surface area (Å²) >= 11 is 2.29. The molecule has 188 valence electrons. The Balaban J connectivity index is 1.53. The molecule has 0 spiro atoms. The quantitative estimate of drug-likeness (QED) is 0.165. The fourth-order valence-corrected chi connectivity index (χ4v) is 4.68. The van der Waals surface area contributed by atoms with Crippen molar-refractivity contribution in [3.05, 3.63) is 135 Å². The highest BCUT2D eigenvalue weighted by atomic mass is 127. The summed E-state index contributed by atoms with van der Waals surface area (Å²) in [5.74, 6) is -0.236. The molecule has 3 aromatic carbocycles. The van der Waals surface area contributed by atoms with Crippen LogP contribution in [0.4, 0.5) is 0 Å². The van der Waals surface area contributed by atoms with Crippen LogP contribution in [0.1, 0.15) is 22.3 Å². The molecule has 0 bridgehead atoms. The fraction of sp³-hybridized carbons (Fsp3) is 0.161. The van der Waals surface area contributed by atoms with Crippen molar-refractivity contribution in [3.8, 4) is 0 Å². The lowest BCUT2D eigenvalue weighted by molar-refractivity contribution is -0.117. The van der Waals surface area contributed by atoms with E-state index in [1.54, 1.807) is 12.4 Å². The van der Waals surface area contributed by atoms with Gasteiger partial charge in [-0.05, 0) is 81.6 Å². The lowest BCUT2D eigenvalue weighted by Crippen LogP contribution is -2.48. The van der Waals surface area contributed by atoms with Crippen molar-refractivity contribution < 1.29 is 9.90 Å². The van der Waals surface area contributed by atoms with E-state index in [4.69, 9.17) is 0 Å². The second kappa shape index (κ2) is 13.8. The van der Waals surface area contributed by atoms with Crippen LogP contribution in [0.3, 0.4) is 0 Å². The van der Waals surface area contributed by atoms with E-state index in [0.717, 1.165) is 22.3 Å². The number of carbonyl (C=O) groups excluding carboxylic acids is 1. The van der Waals surface area contributed by atoms with Gasteiger partial charge in [0.2, 0.25) is 0 Å². The third-order valence-electron chi connectivity index (χ3n) is 6.00. The smallest absolute Gasteiger partial charge is 0.252 e. The van der Waals surface area contributed by atoms with Gasteiger partial charge in [0.15, 0.2) is 0 Å². The minimum Gasteiger partial charge on any atom is -0.390 e. The maximum atomic E-state index is 13.7. The summed E-state index contributed by atoms with van der Waals surface area (Å²) in [7, 11) is 0. The van der Waals surface area contributed by atoms with Gasteiger partial charge in [-0.1, -0.05) is 72.8 Å². The van der Waals surface area contributed by atoms with Gasteiger partial charge in [-0.2, -0.15) is 0 Å². The molecule has 37 heavy (non-hydrogen) atoms. The number of hydrogen-bond acceptors (Lipinski definition) is 4. The number of aliphatic hydroxyl groups excluding tert-OH is 1. The molecule has 5 nitrogen and oxygen atoms in total. The number of halogens is 1. The van der Waals surface area contributed by atoms with E-state index in [9.17, 15) is 9.90 Å². The van der Waals surface area contributed by atoms with Crippen molar-refractivity contribution in [2.45, 2.75) is 25.1 Å². The lowest BCUT2D eigenvalue weighted by Gasteiger charge is -2.25. The average molecular weight is 604 g/mol. The van der Waals surface area contributed by atoms with E-state index in [1.807, 2.05) is 91.0 Å². The molecule has 0 fully saturated rings. The second-order valence-corrected chi connectivity index (χ2v) is 10.0. The van der Waals surface area contributed by atoms with Crippen LogP contribution in [-0.4, -0.2) is 34.7 Å². The normalized spacial score (nSPS) is 13.1. The zero-order valence-corrected chi connectivity index (χ0v) is 22.6. The largest absolute Gasteiger partial charge is 0.390 e. The third-order valence-corrected chi connectivity index (χ3v) is 6.67. The monoisotopic (exact) mass is 603 g/mol. The van der Waals surface area contributed by atoms with Crippen molar-refractivity contribution in [1.82, 2.24) is 15.6 Å². The first-order chi connectivity index (χ1) is 18.1. The number of rotatable bonds is 11. The van der Waals surface area contributed by atoms with Crippen LogP contribution in [0.5, 0.6) is 0 Å². The van der Waals surface area contributed by atoms with Crippen LogP contribution in [0, 0.1) is 3.57 Å². The highest BCUT2D eigenvalue weighted by molar-refractivity contribution is 14.1. The number of pyridine rings is 1. The summed E-state index contributed by atoms with van der Waals surface area (Å²) in [5.41, 5.74) is 4.41. The molecule has 3 N–H and O–H groups in total. The van der Waals surface area contributed by atoms with Crippen LogP contribution in [-0.2, 0) is 17.8 Å². The number of benzene rings is 3. The highest BCUT2D eigenvalue weighted by Crippen LogP contribution is 2.19. The number of aliphatic hydroxyl groups is 1. The summed E-state index contributed by atoms with van der Waals surface area (Å²) in [6, 6.07) is 31.0. The molecule has 0 aliphatic rings. The van der Waals surface area contributed by atoms with E-state index < -0.39 is 12.1 Å². The number of nitrogens with zero attached hydrogens (tertiary/aromatic N) is 1. The molecular weight excluding hydrogens is 573 g/mol. The summed E-state index contributed by atoms with van der Waals surface area (Å²) in [6.07, 6.45) is 4.98. The SMILES string of the molecule is O=C(N[C@@H](Cc1ccccc1)[C@H](O)CNCc1cccc(I)c1)/C(=C\c1ccncc1)c1ccccc1. The van der Waals surface area contributed by atoms with Crippen molar-refractivity contribution in [2.75, 3.05) is 6.54 Å². The van der Waals surface area contributed by atoms with Gasteiger partial charge in [-0.3, -0.25) is 9.78 Å². The Kier molecular flexibility index (Phi) is 9.99. The first-order valence-corrected chi connectivity index (χ1v) is 13.3.